The van der Waals surface area contributed by atoms with E-state index in [1.165, 1.54) is 32.1 Å². The van der Waals surface area contributed by atoms with Crippen LogP contribution in [0.2, 0.25) is 0 Å². The van der Waals surface area contributed by atoms with Crippen LogP contribution in [0.4, 0.5) is 0 Å². The highest BCUT2D eigenvalue weighted by molar-refractivity contribution is 5.75. The van der Waals surface area contributed by atoms with Crippen LogP contribution in [-0.2, 0) is 4.79 Å². The number of hydrogen-bond donors (Lipinski definition) is 2. The summed E-state index contributed by atoms with van der Waals surface area (Å²) >= 11 is 0. The fourth-order valence-corrected chi connectivity index (χ4v) is 2.37. The van der Waals surface area contributed by atoms with Gasteiger partial charge in [-0.3, -0.25) is 4.79 Å². The number of rotatable bonds is 5. The number of nitrogens with one attached hydrogen (secondary N) is 2. The molecule has 0 aromatic heterocycles. The Bertz CT molecular complexity index is 206. The Morgan fingerprint density at radius 1 is 1.25 bits per heavy atom. The third-order valence-electron chi connectivity index (χ3n) is 3.55. The van der Waals surface area contributed by atoms with Crippen molar-refractivity contribution in [3.05, 3.63) is 0 Å². The Balaban J connectivity index is 2.06. The van der Waals surface area contributed by atoms with Crippen LogP contribution in [0, 0.1) is 5.92 Å². The molecule has 0 saturated heterocycles. The van der Waals surface area contributed by atoms with Gasteiger partial charge in [0.05, 0.1) is 0 Å². The van der Waals surface area contributed by atoms with Crippen LogP contribution in [0.3, 0.4) is 0 Å². The van der Waals surface area contributed by atoms with E-state index in [4.69, 9.17) is 0 Å². The summed E-state index contributed by atoms with van der Waals surface area (Å²) in [6.45, 7) is 3.33. The maximum Gasteiger partial charge on any atom is 0.219 e. The Morgan fingerprint density at radius 2 is 2.06 bits per heavy atom. The highest BCUT2D eigenvalue weighted by Crippen LogP contribution is 2.22. The van der Waals surface area contributed by atoms with Crippen molar-refractivity contribution in [1.82, 2.24) is 10.6 Å². The van der Waals surface area contributed by atoms with Crippen LogP contribution in [0.15, 0.2) is 0 Å². The Morgan fingerprint density at radius 3 is 2.81 bits per heavy atom. The molecule has 0 bridgehead atoms. The van der Waals surface area contributed by atoms with E-state index in [-0.39, 0.29) is 5.91 Å². The molecular weight excluding hydrogens is 200 g/mol. The van der Waals surface area contributed by atoms with Crippen LogP contribution in [0.25, 0.3) is 0 Å². The maximum atomic E-state index is 11.0. The molecule has 3 heteroatoms. The Labute approximate surface area is 99.4 Å². The smallest absolute Gasteiger partial charge is 0.219 e. The van der Waals surface area contributed by atoms with E-state index in [0.717, 1.165) is 18.9 Å². The normalized spacial score (nSPS) is 26.1. The minimum atomic E-state index is 0.149. The average molecular weight is 226 g/mol. The monoisotopic (exact) mass is 226 g/mol. The molecule has 1 fully saturated rings. The summed E-state index contributed by atoms with van der Waals surface area (Å²) in [5, 5.41) is 6.23. The summed E-state index contributed by atoms with van der Waals surface area (Å²) in [4.78, 5) is 11.0. The first-order chi connectivity index (χ1) is 7.72. The molecule has 1 saturated carbocycles. The van der Waals surface area contributed by atoms with Gasteiger partial charge in [0.15, 0.2) is 0 Å². The first-order valence-electron chi connectivity index (χ1n) is 6.66. The van der Waals surface area contributed by atoms with E-state index in [1.54, 1.807) is 7.05 Å². The lowest BCUT2D eigenvalue weighted by Gasteiger charge is -2.16. The summed E-state index contributed by atoms with van der Waals surface area (Å²) in [5.41, 5.74) is 0. The molecule has 0 heterocycles. The van der Waals surface area contributed by atoms with E-state index in [9.17, 15) is 4.79 Å². The molecule has 0 radical (unpaired) electrons. The van der Waals surface area contributed by atoms with Crippen LogP contribution in [-0.4, -0.2) is 25.5 Å². The second-order valence-corrected chi connectivity index (χ2v) is 5.04. The van der Waals surface area contributed by atoms with Gasteiger partial charge in [-0.1, -0.05) is 19.8 Å². The van der Waals surface area contributed by atoms with Crippen LogP contribution < -0.4 is 10.6 Å². The fourth-order valence-electron chi connectivity index (χ4n) is 2.37. The molecule has 1 amide bonds. The van der Waals surface area contributed by atoms with Crippen molar-refractivity contribution in [2.45, 2.75) is 57.9 Å². The Kier molecular flexibility index (Phi) is 6.46. The average Bonchev–Trinajstić information content (AvgIpc) is 2.49. The highest BCUT2D eigenvalue weighted by Gasteiger charge is 2.15. The van der Waals surface area contributed by atoms with Crippen molar-refractivity contribution < 1.29 is 4.79 Å². The van der Waals surface area contributed by atoms with Gasteiger partial charge in [0.25, 0.3) is 0 Å². The lowest BCUT2D eigenvalue weighted by molar-refractivity contribution is -0.120. The zero-order valence-electron chi connectivity index (χ0n) is 10.7. The van der Waals surface area contributed by atoms with Crippen molar-refractivity contribution in [2.75, 3.05) is 13.6 Å². The molecule has 94 valence electrons. The van der Waals surface area contributed by atoms with Gasteiger partial charge < -0.3 is 10.6 Å². The van der Waals surface area contributed by atoms with Gasteiger partial charge in [0.1, 0.15) is 0 Å². The zero-order chi connectivity index (χ0) is 11.8. The van der Waals surface area contributed by atoms with Gasteiger partial charge in [0.2, 0.25) is 5.91 Å². The molecule has 1 aliphatic rings. The largest absolute Gasteiger partial charge is 0.359 e. The molecule has 1 rings (SSSR count). The van der Waals surface area contributed by atoms with Gasteiger partial charge in [-0.15, -0.1) is 0 Å². The SMILES string of the molecule is CNC(=O)CCCNC1CCCC(C)CC1. The maximum absolute atomic E-state index is 11.0. The standard InChI is InChI=1S/C13H26N2O/c1-11-5-3-6-12(9-8-11)15-10-4-7-13(16)14-2/h11-12,15H,3-10H2,1-2H3,(H,14,16). The molecular formula is C13H26N2O. The van der Waals surface area contributed by atoms with Crippen LogP contribution in [0.1, 0.15) is 51.9 Å². The van der Waals surface area contributed by atoms with Crippen molar-refractivity contribution in [2.24, 2.45) is 5.92 Å². The van der Waals surface area contributed by atoms with Crippen LogP contribution in [0.5, 0.6) is 0 Å². The summed E-state index contributed by atoms with van der Waals surface area (Å²) in [6, 6.07) is 0.689. The van der Waals surface area contributed by atoms with Crippen molar-refractivity contribution in [1.29, 1.82) is 0 Å². The first-order valence-corrected chi connectivity index (χ1v) is 6.66. The lowest BCUT2D eigenvalue weighted by atomic mass is 10.0. The minimum absolute atomic E-state index is 0.149. The number of carbonyl (C=O) groups excluding carboxylic acids is 1. The third-order valence-corrected chi connectivity index (χ3v) is 3.55. The molecule has 3 nitrogen and oxygen atoms in total. The number of carbonyl (C=O) groups is 1. The molecule has 2 unspecified atom stereocenters. The van der Waals surface area contributed by atoms with Crippen LogP contribution >= 0.6 is 0 Å². The summed E-state index contributed by atoms with van der Waals surface area (Å²) in [6.07, 6.45) is 8.31. The zero-order valence-corrected chi connectivity index (χ0v) is 10.7. The van der Waals surface area contributed by atoms with Crippen molar-refractivity contribution in [3.63, 3.8) is 0 Å². The van der Waals surface area contributed by atoms with Crippen molar-refractivity contribution in [3.8, 4) is 0 Å². The fraction of sp³-hybridized carbons (Fsp3) is 0.923. The van der Waals surface area contributed by atoms with E-state index in [0.29, 0.717) is 12.5 Å². The first kappa shape index (κ1) is 13.5. The van der Waals surface area contributed by atoms with Gasteiger partial charge in [0, 0.05) is 19.5 Å². The number of amides is 1. The predicted octanol–water partition coefficient (Wildman–Crippen LogP) is 2.07. The topological polar surface area (TPSA) is 41.1 Å². The molecule has 2 atom stereocenters. The minimum Gasteiger partial charge on any atom is -0.359 e. The van der Waals surface area contributed by atoms with E-state index < -0.39 is 0 Å². The quantitative estimate of drug-likeness (QED) is 0.556. The number of hydrogen-bond acceptors (Lipinski definition) is 2. The van der Waals surface area contributed by atoms with Gasteiger partial charge >= 0.3 is 0 Å². The molecule has 0 aliphatic heterocycles. The van der Waals surface area contributed by atoms with Gasteiger partial charge in [-0.05, 0) is 38.1 Å². The molecule has 1 aliphatic carbocycles. The summed E-state index contributed by atoms with van der Waals surface area (Å²) in [5.74, 6) is 1.05. The molecule has 0 spiro atoms. The molecule has 0 aromatic carbocycles. The van der Waals surface area contributed by atoms with E-state index >= 15 is 0 Å². The Hall–Kier alpha value is -0.570. The van der Waals surface area contributed by atoms with Gasteiger partial charge in [-0.2, -0.15) is 0 Å². The molecule has 0 aromatic rings. The van der Waals surface area contributed by atoms with Gasteiger partial charge in [-0.25, -0.2) is 0 Å². The van der Waals surface area contributed by atoms with E-state index in [2.05, 4.69) is 17.6 Å². The summed E-state index contributed by atoms with van der Waals surface area (Å²) < 4.78 is 0. The predicted molar refractivity (Wildman–Crippen MR) is 67.3 cm³/mol. The lowest BCUT2D eigenvalue weighted by Crippen LogP contribution is -2.30. The van der Waals surface area contributed by atoms with Crippen molar-refractivity contribution >= 4 is 5.91 Å². The summed E-state index contributed by atoms with van der Waals surface area (Å²) in [7, 11) is 1.70. The van der Waals surface area contributed by atoms with E-state index in [1.807, 2.05) is 0 Å². The molecule has 16 heavy (non-hydrogen) atoms. The third kappa shape index (κ3) is 5.50. The second kappa shape index (κ2) is 7.66. The highest BCUT2D eigenvalue weighted by atomic mass is 16.1. The second-order valence-electron chi connectivity index (χ2n) is 5.04. The molecule has 2 N–H and O–H groups in total.